The van der Waals surface area contributed by atoms with Gasteiger partial charge in [-0.15, -0.1) is 11.3 Å². The Labute approximate surface area is 124 Å². The lowest BCUT2D eigenvalue weighted by molar-refractivity contribution is 0.313. The zero-order valence-electron chi connectivity index (χ0n) is 10.6. The van der Waals surface area contributed by atoms with Gasteiger partial charge in [-0.2, -0.15) is 0 Å². The molecule has 0 aliphatic rings. The molecule has 0 amide bonds. The van der Waals surface area contributed by atoms with Crippen LogP contribution in [0.4, 0.5) is 4.39 Å². The fraction of sp³-hybridized carbons (Fsp3) is 0.286. The van der Waals surface area contributed by atoms with Crippen LogP contribution in [0.15, 0.2) is 34.1 Å². The van der Waals surface area contributed by atoms with E-state index in [4.69, 9.17) is 4.74 Å². The van der Waals surface area contributed by atoms with Gasteiger partial charge in [0.2, 0.25) is 0 Å². The van der Waals surface area contributed by atoms with Crippen molar-refractivity contribution >= 4 is 27.3 Å². The highest BCUT2D eigenvalue weighted by atomic mass is 79.9. The molecule has 2 aromatic rings. The summed E-state index contributed by atoms with van der Waals surface area (Å²) in [5.74, 6) is 0.390. The van der Waals surface area contributed by atoms with Gasteiger partial charge in [0.15, 0.2) is 0 Å². The van der Waals surface area contributed by atoms with Gasteiger partial charge >= 0.3 is 0 Å². The first kappa shape index (κ1) is 14.5. The third kappa shape index (κ3) is 4.30. The molecule has 0 fully saturated rings. The minimum absolute atomic E-state index is 0.279. The van der Waals surface area contributed by atoms with E-state index < -0.39 is 0 Å². The molecule has 0 spiro atoms. The lowest BCUT2D eigenvalue weighted by atomic mass is 10.3. The van der Waals surface area contributed by atoms with E-state index in [0.717, 1.165) is 13.1 Å². The van der Waals surface area contributed by atoms with Crippen LogP contribution in [-0.2, 0) is 6.54 Å². The van der Waals surface area contributed by atoms with Crippen LogP contribution in [0.3, 0.4) is 0 Å². The Morgan fingerprint density at radius 1 is 1.37 bits per heavy atom. The smallest absolute Gasteiger partial charge is 0.137 e. The second-order valence-corrected chi connectivity index (χ2v) is 5.98. The fourth-order valence-electron chi connectivity index (χ4n) is 1.59. The third-order valence-electron chi connectivity index (χ3n) is 2.69. The fourth-order valence-corrected chi connectivity index (χ4v) is 2.83. The standard InChI is InChI=1S/C14H15BrFNOS/c1-10-4-7-19-14(10)9-17-5-6-18-11-2-3-13(16)12(15)8-11/h2-4,7-8,17H,5-6,9H2,1H3. The molecule has 2 nitrogen and oxygen atoms in total. The average molecular weight is 344 g/mol. The van der Waals surface area contributed by atoms with Gasteiger partial charge in [-0.1, -0.05) is 0 Å². The molecular weight excluding hydrogens is 329 g/mol. The van der Waals surface area contributed by atoms with Crippen LogP contribution in [0, 0.1) is 12.7 Å². The maximum Gasteiger partial charge on any atom is 0.137 e. The minimum Gasteiger partial charge on any atom is -0.492 e. The summed E-state index contributed by atoms with van der Waals surface area (Å²) >= 11 is 4.89. The summed E-state index contributed by atoms with van der Waals surface area (Å²) in [4.78, 5) is 1.35. The molecule has 0 aliphatic carbocycles. The Morgan fingerprint density at radius 2 is 2.21 bits per heavy atom. The van der Waals surface area contributed by atoms with Crippen LogP contribution in [0.1, 0.15) is 10.4 Å². The molecule has 1 aromatic carbocycles. The molecule has 0 saturated carbocycles. The van der Waals surface area contributed by atoms with Crippen molar-refractivity contribution in [2.45, 2.75) is 13.5 Å². The molecule has 1 N–H and O–H groups in total. The molecule has 1 heterocycles. The molecule has 1 aromatic heterocycles. The zero-order chi connectivity index (χ0) is 13.7. The summed E-state index contributed by atoms with van der Waals surface area (Å²) in [6.45, 7) is 4.29. The van der Waals surface area contributed by atoms with Gasteiger partial charge in [-0.25, -0.2) is 4.39 Å². The summed E-state index contributed by atoms with van der Waals surface area (Å²) in [5.41, 5.74) is 1.32. The molecular formula is C14H15BrFNOS. The SMILES string of the molecule is Cc1ccsc1CNCCOc1ccc(F)c(Br)c1. The molecule has 0 aliphatic heterocycles. The molecule has 2 rings (SSSR count). The highest BCUT2D eigenvalue weighted by Crippen LogP contribution is 2.21. The highest BCUT2D eigenvalue weighted by Gasteiger charge is 2.01. The number of halogens is 2. The molecule has 0 unspecified atom stereocenters. The number of thiophene rings is 1. The molecule has 0 bridgehead atoms. The summed E-state index contributed by atoms with van der Waals surface area (Å²) in [7, 11) is 0. The Balaban J connectivity index is 1.69. The lowest BCUT2D eigenvalue weighted by Crippen LogP contribution is -2.20. The van der Waals surface area contributed by atoms with Crippen molar-refractivity contribution in [3.05, 3.63) is 50.4 Å². The topological polar surface area (TPSA) is 21.3 Å². The van der Waals surface area contributed by atoms with E-state index in [0.29, 0.717) is 16.8 Å². The number of ether oxygens (including phenoxy) is 1. The third-order valence-corrected chi connectivity index (χ3v) is 4.32. The number of rotatable bonds is 6. The molecule has 5 heteroatoms. The van der Waals surface area contributed by atoms with Gasteiger partial charge in [0, 0.05) is 18.0 Å². The predicted octanol–water partition coefficient (Wildman–Crippen LogP) is 4.13. The maximum atomic E-state index is 13.0. The first-order valence-corrected chi connectivity index (χ1v) is 7.65. The van der Waals surface area contributed by atoms with E-state index in [2.05, 4.69) is 39.6 Å². The van der Waals surface area contributed by atoms with Gasteiger partial charge in [0.25, 0.3) is 0 Å². The van der Waals surface area contributed by atoms with Crippen molar-refractivity contribution in [1.82, 2.24) is 5.32 Å². The molecule has 102 valence electrons. The maximum absolute atomic E-state index is 13.0. The monoisotopic (exact) mass is 343 g/mol. The number of hydrogen-bond donors (Lipinski definition) is 1. The van der Waals surface area contributed by atoms with Crippen molar-refractivity contribution in [2.24, 2.45) is 0 Å². The van der Waals surface area contributed by atoms with Gasteiger partial charge < -0.3 is 10.1 Å². The van der Waals surface area contributed by atoms with E-state index in [-0.39, 0.29) is 5.82 Å². The van der Waals surface area contributed by atoms with Gasteiger partial charge in [0.1, 0.15) is 18.2 Å². The van der Waals surface area contributed by atoms with E-state index in [1.165, 1.54) is 16.5 Å². The van der Waals surface area contributed by atoms with Gasteiger partial charge in [0.05, 0.1) is 4.47 Å². The summed E-state index contributed by atoms with van der Waals surface area (Å²) in [6, 6.07) is 6.78. The van der Waals surface area contributed by atoms with Crippen molar-refractivity contribution in [3.63, 3.8) is 0 Å². The Bertz CT molecular complexity index is 544. The van der Waals surface area contributed by atoms with Crippen molar-refractivity contribution < 1.29 is 9.13 Å². The van der Waals surface area contributed by atoms with Crippen LogP contribution in [0.5, 0.6) is 5.75 Å². The Kier molecular flexibility index (Phi) is 5.36. The second-order valence-electron chi connectivity index (χ2n) is 4.13. The zero-order valence-corrected chi connectivity index (χ0v) is 13.0. The normalized spacial score (nSPS) is 10.7. The van der Waals surface area contributed by atoms with E-state index in [1.807, 2.05) is 0 Å². The Morgan fingerprint density at radius 3 is 2.89 bits per heavy atom. The average Bonchev–Trinajstić information content (AvgIpc) is 2.79. The van der Waals surface area contributed by atoms with E-state index in [9.17, 15) is 4.39 Å². The van der Waals surface area contributed by atoms with Crippen LogP contribution in [0.25, 0.3) is 0 Å². The lowest BCUT2D eigenvalue weighted by Gasteiger charge is -2.08. The number of aryl methyl sites for hydroxylation is 1. The van der Waals surface area contributed by atoms with Crippen LogP contribution in [0.2, 0.25) is 0 Å². The van der Waals surface area contributed by atoms with Crippen molar-refractivity contribution in [2.75, 3.05) is 13.2 Å². The van der Waals surface area contributed by atoms with Crippen LogP contribution >= 0.6 is 27.3 Å². The summed E-state index contributed by atoms with van der Waals surface area (Å²) < 4.78 is 19.0. The molecule has 0 saturated heterocycles. The molecule has 19 heavy (non-hydrogen) atoms. The van der Waals surface area contributed by atoms with Crippen molar-refractivity contribution in [1.29, 1.82) is 0 Å². The molecule has 0 atom stereocenters. The number of hydrogen-bond acceptors (Lipinski definition) is 3. The second kappa shape index (κ2) is 7.03. The summed E-state index contributed by atoms with van der Waals surface area (Å²) in [5, 5.41) is 5.42. The van der Waals surface area contributed by atoms with Crippen LogP contribution < -0.4 is 10.1 Å². The van der Waals surface area contributed by atoms with Gasteiger partial charge in [-0.05, 0) is 58.1 Å². The largest absolute Gasteiger partial charge is 0.492 e. The highest BCUT2D eigenvalue weighted by molar-refractivity contribution is 9.10. The van der Waals surface area contributed by atoms with E-state index in [1.54, 1.807) is 23.5 Å². The predicted molar refractivity (Wildman–Crippen MR) is 80.4 cm³/mol. The first-order valence-electron chi connectivity index (χ1n) is 5.98. The Hall–Kier alpha value is -0.910. The van der Waals surface area contributed by atoms with Crippen molar-refractivity contribution in [3.8, 4) is 5.75 Å². The summed E-state index contributed by atoms with van der Waals surface area (Å²) in [6.07, 6.45) is 0. The quantitative estimate of drug-likeness (QED) is 0.796. The number of benzene rings is 1. The molecule has 0 radical (unpaired) electrons. The van der Waals surface area contributed by atoms with E-state index >= 15 is 0 Å². The minimum atomic E-state index is -0.279. The first-order chi connectivity index (χ1) is 9.16. The number of nitrogens with one attached hydrogen (secondary N) is 1. The van der Waals surface area contributed by atoms with Crippen LogP contribution in [-0.4, -0.2) is 13.2 Å². The van der Waals surface area contributed by atoms with Gasteiger partial charge in [-0.3, -0.25) is 0 Å².